The van der Waals surface area contributed by atoms with Gasteiger partial charge < -0.3 is 5.32 Å². The number of rotatable bonds is 0. The molecule has 1 heterocycles. The minimum atomic E-state index is 0.674. The molecular formula is C8H7N2. The predicted octanol–water partition coefficient (Wildman–Crippen LogP) is 1.29. The number of aliphatic imine (C=N–C) groups is 1. The fraction of sp³-hybridized carbons (Fsp3) is 0.125. The van der Waals surface area contributed by atoms with Crippen molar-refractivity contribution < 1.29 is 0 Å². The van der Waals surface area contributed by atoms with Crippen molar-refractivity contribution in [2.45, 2.75) is 0 Å². The molecule has 1 radical (unpaired) electrons. The quantitative estimate of drug-likeness (QED) is 0.563. The fourth-order valence-electron chi connectivity index (χ4n) is 0.979. The van der Waals surface area contributed by atoms with Gasteiger partial charge in [0, 0.05) is 17.8 Å². The molecule has 1 aliphatic heterocycles. The first kappa shape index (κ1) is 5.47. The second-order valence-corrected chi connectivity index (χ2v) is 2.15. The van der Waals surface area contributed by atoms with Crippen LogP contribution in [0.1, 0.15) is 5.56 Å². The van der Waals surface area contributed by atoms with Gasteiger partial charge in [0.15, 0.2) is 0 Å². The Balaban J connectivity index is 2.54. The summed E-state index contributed by atoms with van der Waals surface area (Å²) in [4.78, 5) is 4.06. The van der Waals surface area contributed by atoms with Gasteiger partial charge in [0.2, 0.25) is 0 Å². The number of para-hydroxylation sites is 1. The highest BCUT2D eigenvalue weighted by molar-refractivity contribution is 5.88. The zero-order valence-electron chi connectivity index (χ0n) is 5.46. The molecule has 0 aromatic heterocycles. The van der Waals surface area contributed by atoms with Crippen LogP contribution in [0.25, 0.3) is 0 Å². The van der Waals surface area contributed by atoms with Gasteiger partial charge in [-0.3, -0.25) is 4.99 Å². The Kier molecular flexibility index (Phi) is 1.17. The molecule has 0 unspecified atom stereocenters. The van der Waals surface area contributed by atoms with Gasteiger partial charge in [0.05, 0.1) is 5.69 Å². The second-order valence-electron chi connectivity index (χ2n) is 2.15. The third-order valence-corrected chi connectivity index (χ3v) is 1.47. The third kappa shape index (κ3) is 0.778. The highest BCUT2D eigenvalue weighted by Gasteiger charge is 2.00. The lowest BCUT2D eigenvalue weighted by atomic mass is 10.2. The minimum Gasteiger partial charge on any atom is -0.365 e. The molecule has 0 aliphatic carbocycles. The second kappa shape index (κ2) is 2.14. The highest BCUT2D eigenvalue weighted by Crippen LogP contribution is 2.13. The first-order valence-electron chi connectivity index (χ1n) is 3.21. The molecule has 2 rings (SSSR count). The Bertz CT molecular complexity index is 266. The molecule has 0 fully saturated rings. The fourth-order valence-corrected chi connectivity index (χ4v) is 0.979. The topological polar surface area (TPSA) is 24.4 Å². The van der Waals surface area contributed by atoms with Gasteiger partial charge in [-0.05, 0) is 0 Å². The van der Waals surface area contributed by atoms with Gasteiger partial charge in [-0.25, -0.2) is 0 Å². The molecule has 0 saturated heterocycles. The maximum atomic E-state index is 4.06. The minimum absolute atomic E-state index is 0.674. The van der Waals surface area contributed by atoms with Crippen LogP contribution < -0.4 is 5.32 Å². The van der Waals surface area contributed by atoms with Gasteiger partial charge in [0.1, 0.15) is 6.67 Å². The van der Waals surface area contributed by atoms with E-state index in [1.807, 2.05) is 24.4 Å². The van der Waals surface area contributed by atoms with Crippen molar-refractivity contribution in [3.05, 3.63) is 29.8 Å². The molecule has 0 amide bonds. The maximum absolute atomic E-state index is 4.06. The van der Waals surface area contributed by atoms with E-state index in [0.717, 1.165) is 11.3 Å². The summed E-state index contributed by atoms with van der Waals surface area (Å²) in [7, 11) is 0. The molecule has 2 nitrogen and oxygen atoms in total. The van der Waals surface area contributed by atoms with Gasteiger partial charge in [0.25, 0.3) is 0 Å². The molecule has 2 heteroatoms. The molecule has 1 aromatic rings. The largest absolute Gasteiger partial charge is 0.365 e. The average molecular weight is 131 g/mol. The molecule has 0 bridgehead atoms. The van der Waals surface area contributed by atoms with Gasteiger partial charge in [-0.15, -0.1) is 0 Å². The van der Waals surface area contributed by atoms with Crippen LogP contribution in [0, 0.1) is 6.07 Å². The highest BCUT2D eigenvalue weighted by atomic mass is 15.0. The van der Waals surface area contributed by atoms with Crippen LogP contribution >= 0.6 is 0 Å². The Labute approximate surface area is 59.6 Å². The average Bonchev–Trinajstić information content (AvgIpc) is 2.05. The SMILES string of the molecule is [c]1cccc2c1NCN=C2. The van der Waals surface area contributed by atoms with E-state index in [-0.39, 0.29) is 0 Å². The van der Waals surface area contributed by atoms with Crippen molar-refractivity contribution >= 4 is 11.9 Å². The lowest BCUT2D eigenvalue weighted by Crippen LogP contribution is -2.06. The summed E-state index contributed by atoms with van der Waals surface area (Å²) in [5, 5.41) is 3.11. The molecule has 0 saturated carbocycles. The lowest BCUT2D eigenvalue weighted by Gasteiger charge is -2.10. The number of benzene rings is 1. The molecule has 1 aliphatic rings. The molecular weight excluding hydrogens is 124 g/mol. The number of nitrogens with one attached hydrogen (secondary N) is 1. The Morgan fingerprint density at radius 2 is 2.60 bits per heavy atom. The van der Waals surface area contributed by atoms with E-state index in [9.17, 15) is 0 Å². The van der Waals surface area contributed by atoms with Crippen molar-refractivity contribution in [3.8, 4) is 0 Å². The summed E-state index contributed by atoms with van der Waals surface area (Å²) in [6.07, 6.45) is 1.86. The van der Waals surface area contributed by atoms with E-state index in [1.165, 1.54) is 0 Å². The molecule has 49 valence electrons. The smallest absolute Gasteiger partial charge is 0.107 e. The maximum Gasteiger partial charge on any atom is 0.107 e. The van der Waals surface area contributed by atoms with E-state index in [1.54, 1.807) is 0 Å². The van der Waals surface area contributed by atoms with E-state index in [2.05, 4.69) is 16.4 Å². The zero-order valence-corrected chi connectivity index (χ0v) is 5.46. The van der Waals surface area contributed by atoms with E-state index in [0.29, 0.717) is 6.67 Å². The predicted molar refractivity (Wildman–Crippen MR) is 41.4 cm³/mol. The first-order chi connectivity index (χ1) is 4.97. The number of nitrogens with zero attached hydrogens (tertiary/aromatic N) is 1. The molecule has 0 spiro atoms. The normalized spacial score (nSPS) is 14.0. The van der Waals surface area contributed by atoms with Crippen LogP contribution in [0.15, 0.2) is 23.2 Å². The summed E-state index contributed by atoms with van der Waals surface area (Å²) in [5.41, 5.74) is 2.17. The number of hydrogen-bond donors (Lipinski definition) is 1. The van der Waals surface area contributed by atoms with Crippen LogP contribution in [-0.2, 0) is 0 Å². The lowest BCUT2D eigenvalue weighted by molar-refractivity contribution is 1.13. The molecule has 1 aromatic carbocycles. The molecule has 0 atom stereocenters. The summed E-state index contributed by atoms with van der Waals surface area (Å²) < 4.78 is 0. The molecule has 10 heavy (non-hydrogen) atoms. The zero-order chi connectivity index (χ0) is 6.81. The van der Waals surface area contributed by atoms with Gasteiger partial charge in [-0.2, -0.15) is 0 Å². The van der Waals surface area contributed by atoms with Crippen molar-refractivity contribution in [2.75, 3.05) is 12.0 Å². The number of anilines is 1. The van der Waals surface area contributed by atoms with Crippen LogP contribution in [0.5, 0.6) is 0 Å². The Morgan fingerprint density at radius 3 is 3.50 bits per heavy atom. The van der Waals surface area contributed by atoms with Crippen LogP contribution in [0.4, 0.5) is 5.69 Å². The van der Waals surface area contributed by atoms with E-state index in [4.69, 9.17) is 0 Å². The summed E-state index contributed by atoms with van der Waals surface area (Å²) in [5.74, 6) is 0. The van der Waals surface area contributed by atoms with Crippen LogP contribution in [0.2, 0.25) is 0 Å². The van der Waals surface area contributed by atoms with Crippen LogP contribution in [0.3, 0.4) is 0 Å². The Morgan fingerprint density at radius 1 is 1.60 bits per heavy atom. The standard InChI is InChI=1S/C8H7N2/c1-2-4-8-7(3-1)5-9-6-10-8/h1-3,5,10H,6H2. The van der Waals surface area contributed by atoms with E-state index >= 15 is 0 Å². The summed E-state index contributed by atoms with van der Waals surface area (Å²) >= 11 is 0. The number of fused-ring (bicyclic) bond motifs is 1. The van der Waals surface area contributed by atoms with Gasteiger partial charge >= 0.3 is 0 Å². The summed E-state index contributed by atoms with van der Waals surface area (Å²) in [6.45, 7) is 0.674. The Hall–Kier alpha value is -1.31. The van der Waals surface area contributed by atoms with Crippen molar-refractivity contribution in [3.63, 3.8) is 0 Å². The van der Waals surface area contributed by atoms with Gasteiger partial charge in [-0.1, -0.05) is 18.2 Å². The van der Waals surface area contributed by atoms with Crippen LogP contribution in [-0.4, -0.2) is 12.9 Å². The summed E-state index contributed by atoms with van der Waals surface area (Å²) in [6, 6.07) is 8.95. The first-order valence-corrected chi connectivity index (χ1v) is 3.21. The monoisotopic (exact) mass is 131 g/mol. The van der Waals surface area contributed by atoms with Crippen molar-refractivity contribution in [2.24, 2.45) is 4.99 Å². The van der Waals surface area contributed by atoms with E-state index < -0.39 is 0 Å². The van der Waals surface area contributed by atoms with Crippen molar-refractivity contribution in [1.29, 1.82) is 0 Å². The van der Waals surface area contributed by atoms with Crippen molar-refractivity contribution in [1.82, 2.24) is 0 Å². The number of hydrogen-bond acceptors (Lipinski definition) is 2. The third-order valence-electron chi connectivity index (χ3n) is 1.47. The molecule has 1 N–H and O–H groups in total.